The average Bonchev–Trinajstić information content (AvgIpc) is 1.85. The lowest BCUT2D eigenvalue weighted by atomic mass is 10.2. The number of nitrogens with two attached hydrogens (primary N) is 1. The molecule has 1 saturated heterocycles. The van der Waals surface area contributed by atoms with Crippen molar-refractivity contribution in [2.75, 3.05) is 13.6 Å². The predicted molar refractivity (Wildman–Crippen MR) is 34.7 cm³/mol. The Morgan fingerprint density at radius 2 is 2.25 bits per heavy atom. The molecule has 2 heteroatoms. The third-order valence-electron chi connectivity index (χ3n) is 1.92. The van der Waals surface area contributed by atoms with Gasteiger partial charge in [-0.2, -0.15) is 0 Å². The first-order chi connectivity index (χ1) is 3.70. The van der Waals surface area contributed by atoms with E-state index in [2.05, 4.69) is 18.9 Å². The van der Waals surface area contributed by atoms with Gasteiger partial charge in [0.25, 0.3) is 0 Å². The highest BCUT2D eigenvalue weighted by Gasteiger charge is 2.22. The molecule has 48 valence electrons. The van der Waals surface area contributed by atoms with Crippen LogP contribution in [0.15, 0.2) is 0 Å². The van der Waals surface area contributed by atoms with Crippen molar-refractivity contribution in [1.82, 2.24) is 4.90 Å². The van der Waals surface area contributed by atoms with Crippen molar-refractivity contribution in [3.63, 3.8) is 0 Å². The van der Waals surface area contributed by atoms with Crippen LogP contribution in [0.4, 0.5) is 0 Å². The molecular weight excluding hydrogens is 100 g/mol. The zero-order valence-electron chi connectivity index (χ0n) is 5.59. The van der Waals surface area contributed by atoms with Gasteiger partial charge in [0.05, 0.1) is 0 Å². The highest BCUT2D eigenvalue weighted by atomic mass is 15.2. The van der Waals surface area contributed by atoms with E-state index < -0.39 is 0 Å². The van der Waals surface area contributed by atoms with E-state index in [1.165, 1.54) is 0 Å². The molecule has 0 saturated carbocycles. The van der Waals surface area contributed by atoms with Crippen molar-refractivity contribution >= 4 is 0 Å². The molecular formula is C6H14N2. The number of hydrogen-bond acceptors (Lipinski definition) is 2. The molecule has 0 aromatic carbocycles. The molecule has 2 atom stereocenters. The summed E-state index contributed by atoms with van der Waals surface area (Å²) in [5, 5.41) is 0. The van der Waals surface area contributed by atoms with Crippen molar-refractivity contribution in [2.45, 2.75) is 25.4 Å². The molecule has 0 aromatic rings. The molecule has 1 aliphatic heterocycles. The van der Waals surface area contributed by atoms with Crippen LogP contribution in [0.5, 0.6) is 0 Å². The van der Waals surface area contributed by atoms with E-state index in [9.17, 15) is 0 Å². The summed E-state index contributed by atoms with van der Waals surface area (Å²) in [7, 11) is 2.12. The van der Waals surface area contributed by atoms with E-state index in [1.54, 1.807) is 0 Å². The minimum Gasteiger partial charge on any atom is -0.326 e. The second-order valence-electron chi connectivity index (χ2n) is 2.78. The lowest BCUT2D eigenvalue weighted by molar-refractivity contribution is 0.329. The molecule has 0 aliphatic carbocycles. The van der Waals surface area contributed by atoms with Crippen LogP contribution in [0.25, 0.3) is 0 Å². The summed E-state index contributed by atoms with van der Waals surface area (Å²) in [6, 6.07) is 1.12. The topological polar surface area (TPSA) is 29.3 Å². The van der Waals surface area contributed by atoms with Crippen LogP contribution < -0.4 is 5.73 Å². The summed E-state index contributed by atoms with van der Waals surface area (Å²) in [6.45, 7) is 3.29. The van der Waals surface area contributed by atoms with Crippen LogP contribution in [0.3, 0.4) is 0 Å². The maximum absolute atomic E-state index is 5.67. The van der Waals surface area contributed by atoms with Gasteiger partial charge in [0.2, 0.25) is 0 Å². The molecule has 0 radical (unpaired) electrons. The van der Waals surface area contributed by atoms with E-state index in [4.69, 9.17) is 5.73 Å². The highest BCUT2D eigenvalue weighted by Crippen LogP contribution is 2.11. The molecule has 8 heavy (non-hydrogen) atoms. The van der Waals surface area contributed by atoms with Gasteiger partial charge in [-0.25, -0.2) is 0 Å². The van der Waals surface area contributed by atoms with Crippen LogP contribution >= 0.6 is 0 Å². The lowest BCUT2D eigenvalue weighted by Gasteiger charge is -2.11. The number of rotatable bonds is 0. The third kappa shape index (κ3) is 1.01. The number of likely N-dealkylation sites (tertiary alicyclic amines) is 1. The zero-order chi connectivity index (χ0) is 6.15. The smallest absolute Gasteiger partial charge is 0.0182 e. The fourth-order valence-electron chi connectivity index (χ4n) is 1.24. The van der Waals surface area contributed by atoms with Gasteiger partial charge in [-0.15, -0.1) is 0 Å². The van der Waals surface area contributed by atoms with Crippen molar-refractivity contribution in [3.05, 3.63) is 0 Å². The molecule has 1 heterocycles. The van der Waals surface area contributed by atoms with Crippen LogP contribution in [0.1, 0.15) is 13.3 Å². The van der Waals surface area contributed by atoms with Crippen molar-refractivity contribution in [2.24, 2.45) is 5.73 Å². The van der Waals surface area contributed by atoms with E-state index in [1.807, 2.05) is 0 Å². The van der Waals surface area contributed by atoms with Gasteiger partial charge >= 0.3 is 0 Å². The quantitative estimate of drug-likeness (QED) is 0.481. The number of hydrogen-bond donors (Lipinski definition) is 1. The SMILES string of the molecule is C[C@H]1C[C@H](N)CN1C. The number of likely N-dealkylation sites (N-methyl/N-ethyl adjacent to an activating group) is 1. The standard InChI is InChI=1S/C6H14N2/c1-5-3-6(7)4-8(5)2/h5-6H,3-4,7H2,1-2H3/t5-,6-/m0/s1. The highest BCUT2D eigenvalue weighted by molar-refractivity contribution is 4.81. The second kappa shape index (κ2) is 2.03. The van der Waals surface area contributed by atoms with Crippen LogP contribution in [-0.2, 0) is 0 Å². The van der Waals surface area contributed by atoms with E-state index in [0.29, 0.717) is 12.1 Å². The molecule has 1 fully saturated rings. The summed E-state index contributed by atoms with van der Waals surface area (Å²) in [4.78, 5) is 2.30. The Labute approximate surface area is 50.7 Å². The Morgan fingerprint density at radius 3 is 2.38 bits per heavy atom. The van der Waals surface area contributed by atoms with Crippen LogP contribution in [-0.4, -0.2) is 30.6 Å². The molecule has 0 bridgehead atoms. The largest absolute Gasteiger partial charge is 0.326 e. The summed E-state index contributed by atoms with van der Waals surface area (Å²) in [6.07, 6.45) is 1.16. The molecule has 1 rings (SSSR count). The maximum Gasteiger partial charge on any atom is 0.0182 e. The molecule has 2 N–H and O–H groups in total. The van der Waals surface area contributed by atoms with Gasteiger partial charge in [0.1, 0.15) is 0 Å². The zero-order valence-corrected chi connectivity index (χ0v) is 5.59. The van der Waals surface area contributed by atoms with Gasteiger partial charge in [-0.05, 0) is 20.4 Å². The van der Waals surface area contributed by atoms with E-state index >= 15 is 0 Å². The van der Waals surface area contributed by atoms with Crippen molar-refractivity contribution in [1.29, 1.82) is 0 Å². The van der Waals surface area contributed by atoms with Crippen molar-refractivity contribution in [3.8, 4) is 0 Å². The Kier molecular flexibility index (Phi) is 1.54. The fourth-order valence-corrected chi connectivity index (χ4v) is 1.24. The first-order valence-corrected chi connectivity index (χ1v) is 3.16. The summed E-state index contributed by atoms with van der Waals surface area (Å²) in [5.41, 5.74) is 5.67. The van der Waals surface area contributed by atoms with Gasteiger partial charge in [0, 0.05) is 18.6 Å². The van der Waals surface area contributed by atoms with Crippen molar-refractivity contribution < 1.29 is 0 Å². The first kappa shape index (κ1) is 6.05. The lowest BCUT2D eigenvalue weighted by Crippen LogP contribution is -2.24. The normalized spacial score (nSPS) is 40.9. The minimum absolute atomic E-state index is 0.426. The van der Waals surface area contributed by atoms with E-state index in [-0.39, 0.29) is 0 Å². The Balaban J connectivity index is 2.39. The molecule has 0 amide bonds. The Morgan fingerprint density at radius 1 is 1.62 bits per heavy atom. The summed E-state index contributed by atoms with van der Waals surface area (Å²) < 4.78 is 0. The van der Waals surface area contributed by atoms with Crippen LogP contribution in [0, 0.1) is 0 Å². The molecule has 0 aromatic heterocycles. The first-order valence-electron chi connectivity index (χ1n) is 3.16. The second-order valence-corrected chi connectivity index (χ2v) is 2.78. The predicted octanol–water partition coefficient (Wildman–Crippen LogP) is 0.0377. The Bertz CT molecular complexity index is 72.6. The molecule has 0 spiro atoms. The Hall–Kier alpha value is -0.0800. The van der Waals surface area contributed by atoms with Gasteiger partial charge in [0.15, 0.2) is 0 Å². The number of nitrogens with zero attached hydrogens (tertiary/aromatic N) is 1. The molecule has 0 unspecified atom stereocenters. The third-order valence-corrected chi connectivity index (χ3v) is 1.92. The average molecular weight is 114 g/mol. The maximum atomic E-state index is 5.67. The van der Waals surface area contributed by atoms with E-state index in [0.717, 1.165) is 13.0 Å². The summed E-state index contributed by atoms with van der Waals surface area (Å²) >= 11 is 0. The molecule has 1 aliphatic rings. The monoisotopic (exact) mass is 114 g/mol. The van der Waals surface area contributed by atoms with Gasteiger partial charge in [-0.3, -0.25) is 0 Å². The van der Waals surface area contributed by atoms with Gasteiger partial charge in [-0.1, -0.05) is 0 Å². The molecule has 2 nitrogen and oxygen atoms in total. The summed E-state index contributed by atoms with van der Waals surface area (Å²) in [5.74, 6) is 0. The fraction of sp³-hybridized carbons (Fsp3) is 1.00. The minimum atomic E-state index is 0.426. The van der Waals surface area contributed by atoms with Gasteiger partial charge < -0.3 is 10.6 Å². The van der Waals surface area contributed by atoms with Crippen LogP contribution in [0.2, 0.25) is 0 Å².